The Bertz CT molecular complexity index is 1070. The number of amides is 1. The van der Waals surface area contributed by atoms with Gasteiger partial charge in [0.2, 0.25) is 15.9 Å². The molecule has 1 fully saturated rings. The second kappa shape index (κ2) is 8.03. The summed E-state index contributed by atoms with van der Waals surface area (Å²) in [5.41, 5.74) is 2.58. The number of sulfonamides is 1. The number of hydrogen-bond donors (Lipinski definition) is 0. The maximum atomic E-state index is 13.3. The van der Waals surface area contributed by atoms with E-state index < -0.39 is 10.0 Å². The topological polar surface area (TPSA) is 83.5 Å². The van der Waals surface area contributed by atoms with Crippen molar-refractivity contribution in [3.8, 4) is 0 Å². The molecule has 1 aromatic heterocycles. The summed E-state index contributed by atoms with van der Waals surface area (Å²) in [4.78, 5) is 23.7. The van der Waals surface area contributed by atoms with Gasteiger partial charge in [0.15, 0.2) is 0 Å². The Balaban J connectivity index is 1.65. The molecular formula is C21H25FN4O3S. The minimum Gasteiger partial charge on any atom is -0.292 e. The highest BCUT2D eigenvalue weighted by atomic mass is 32.2. The molecule has 1 saturated heterocycles. The van der Waals surface area contributed by atoms with Gasteiger partial charge in [-0.1, -0.05) is 12.1 Å². The number of benzene rings is 1. The minimum atomic E-state index is -3.25. The van der Waals surface area contributed by atoms with E-state index in [1.54, 1.807) is 24.0 Å². The van der Waals surface area contributed by atoms with E-state index in [0.29, 0.717) is 50.5 Å². The standard InChI is InChI=1S/C21H25FN4O3S/c1-3-30(28,29)25-11-10-16(13-25)20-23-14(2)18-8-9-19(27)26(21(18)24-20)12-15-4-6-17(22)7-5-15/h4-7,16H,3,8-13H2,1-2H3. The molecule has 0 saturated carbocycles. The molecular weight excluding hydrogens is 407 g/mol. The van der Waals surface area contributed by atoms with Crippen LogP contribution in [-0.4, -0.2) is 47.4 Å². The summed E-state index contributed by atoms with van der Waals surface area (Å²) in [5, 5.41) is 0. The smallest absolute Gasteiger partial charge is 0.228 e. The number of rotatable bonds is 5. The quantitative estimate of drug-likeness (QED) is 0.725. The lowest BCUT2D eigenvalue weighted by Crippen LogP contribution is -2.36. The molecule has 30 heavy (non-hydrogen) atoms. The monoisotopic (exact) mass is 432 g/mol. The summed E-state index contributed by atoms with van der Waals surface area (Å²) < 4.78 is 39.2. The molecule has 1 atom stereocenters. The maximum Gasteiger partial charge on any atom is 0.228 e. The lowest BCUT2D eigenvalue weighted by Gasteiger charge is -2.30. The third-order valence-electron chi connectivity index (χ3n) is 5.88. The van der Waals surface area contributed by atoms with Gasteiger partial charge in [-0.05, 0) is 44.4 Å². The number of aryl methyl sites for hydroxylation is 1. The first-order valence-corrected chi connectivity index (χ1v) is 11.8. The van der Waals surface area contributed by atoms with Gasteiger partial charge in [0.25, 0.3) is 0 Å². The van der Waals surface area contributed by atoms with Gasteiger partial charge in [0.1, 0.15) is 17.5 Å². The van der Waals surface area contributed by atoms with Gasteiger partial charge in [0.05, 0.1) is 12.3 Å². The molecule has 2 aliphatic heterocycles. The number of anilines is 1. The number of aromatic nitrogens is 2. The second-order valence-electron chi connectivity index (χ2n) is 7.82. The normalized spacial score (nSPS) is 19.9. The number of carbonyl (C=O) groups excluding carboxylic acids is 1. The maximum absolute atomic E-state index is 13.3. The fraction of sp³-hybridized carbons (Fsp3) is 0.476. The van der Waals surface area contributed by atoms with Crippen molar-refractivity contribution < 1.29 is 17.6 Å². The zero-order valence-corrected chi connectivity index (χ0v) is 18.0. The number of carbonyl (C=O) groups is 1. The Labute approximate surface area is 176 Å². The fourth-order valence-electron chi connectivity index (χ4n) is 4.10. The van der Waals surface area contributed by atoms with Gasteiger partial charge in [-0.3, -0.25) is 9.69 Å². The van der Waals surface area contributed by atoms with Crippen LogP contribution < -0.4 is 4.90 Å². The van der Waals surface area contributed by atoms with Crippen LogP contribution in [0.3, 0.4) is 0 Å². The first-order chi connectivity index (χ1) is 14.3. The van der Waals surface area contributed by atoms with Crippen LogP contribution in [0, 0.1) is 12.7 Å². The van der Waals surface area contributed by atoms with Crippen molar-refractivity contribution in [1.82, 2.24) is 14.3 Å². The van der Waals surface area contributed by atoms with Crippen LogP contribution in [0.15, 0.2) is 24.3 Å². The Morgan fingerprint density at radius 3 is 2.60 bits per heavy atom. The lowest BCUT2D eigenvalue weighted by atomic mass is 10.0. The lowest BCUT2D eigenvalue weighted by molar-refractivity contribution is -0.119. The Morgan fingerprint density at radius 2 is 1.90 bits per heavy atom. The summed E-state index contributed by atoms with van der Waals surface area (Å²) in [6, 6.07) is 6.08. The van der Waals surface area contributed by atoms with E-state index >= 15 is 0 Å². The van der Waals surface area contributed by atoms with Crippen LogP contribution >= 0.6 is 0 Å². The van der Waals surface area contributed by atoms with Crippen molar-refractivity contribution in [1.29, 1.82) is 0 Å². The highest BCUT2D eigenvalue weighted by Crippen LogP contribution is 2.33. The molecule has 9 heteroatoms. The van der Waals surface area contributed by atoms with Crippen molar-refractivity contribution in [2.45, 2.75) is 45.6 Å². The summed E-state index contributed by atoms with van der Waals surface area (Å²) in [5.74, 6) is 0.799. The molecule has 1 unspecified atom stereocenters. The molecule has 2 aliphatic rings. The minimum absolute atomic E-state index is 0.0301. The van der Waals surface area contributed by atoms with Crippen LogP contribution in [-0.2, 0) is 27.8 Å². The van der Waals surface area contributed by atoms with E-state index in [2.05, 4.69) is 4.98 Å². The van der Waals surface area contributed by atoms with Crippen LogP contribution in [0.5, 0.6) is 0 Å². The first-order valence-electron chi connectivity index (χ1n) is 10.2. The molecule has 2 aromatic rings. The number of fused-ring (bicyclic) bond motifs is 1. The zero-order chi connectivity index (χ0) is 21.5. The van der Waals surface area contributed by atoms with E-state index in [9.17, 15) is 17.6 Å². The van der Waals surface area contributed by atoms with E-state index in [4.69, 9.17) is 4.98 Å². The van der Waals surface area contributed by atoms with E-state index in [1.165, 1.54) is 16.4 Å². The van der Waals surface area contributed by atoms with Gasteiger partial charge in [0, 0.05) is 36.7 Å². The van der Waals surface area contributed by atoms with Crippen molar-refractivity contribution in [2.24, 2.45) is 0 Å². The Hall–Kier alpha value is -2.39. The predicted octanol–water partition coefficient (Wildman–Crippen LogP) is 2.54. The molecule has 0 radical (unpaired) electrons. The van der Waals surface area contributed by atoms with Crippen LogP contribution in [0.25, 0.3) is 0 Å². The second-order valence-corrected chi connectivity index (χ2v) is 10.1. The fourth-order valence-corrected chi connectivity index (χ4v) is 5.25. The average Bonchev–Trinajstić information content (AvgIpc) is 3.23. The largest absolute Gasteiger partial charge is 0.292 e. The van der Waals surface area contributed by atoms with Gasteiger partial charge in [-0.2, -0.15) is 0 Å². The molecule has 0 spiro atoms. The van der Waals surface area contributed by atoms with Crippen LogP contribution in [0.2, 0.25) is 0 Å². The van der Waals surface area contributed by atoms with E-state index in [-0.39, 0.29) is 23.4 Å². The number of halogens is 1. The average molecular weight is 433 g/mol. The molecule has 0 bridgehead atoms. The van der Waals surface area contributed by atoms with Gasteiger partial charge in [-0.15, -0.1) is 0 Å². The third-order valence-corrected chi connectivity index (χ3v) is 7.73. The van der Waals surface area contributed by atoms with Crippen molar-refractivity contribution in [3.05, 3.63) is 52.7 Å². The number of nitrogens with zero attached hydrogens (tertiary/aromatic N) is 4. The predicted molar refractivity (Wildman–Crippen MR) is 111 cm³/mol. The molecule has 1 aromatic carbocycles. The van der Waals surface area contributed by atoms with Gasteiger partial charge >= 0.3 is 0 Å². The zero-order valence-electron chi connectivity index (χ0n) is 17.1. The van der Waals surface area contributed by atoms with Crippen molar-refractivity contribution in [2.75, 3.05) is 23.7 Å². The molecule has 4 rings (SSSR count). The van der Waals surface area contributed by atoms with Crippen LogP contribution in [0.4, 0.5) is 10.2 Å². The summed E-state index contributed by atoms with van der Waals surface area (Å²) in [6.45, 7) is 4.68. The van der Waals surface area contributed by atoms with Crippen LogP contribution in [0.1, 0.15) is 48.3 Å². The SMILES string of the molecule is CCS(=O)(=O)N1CCC(c2nc(C)c3c(n2)N(Cc2ccc(F)cc2)C(=O)CC3)C1. The highest BCUT2D eigenvalue weighted by molar-refractivity contribution is 7.89. The summed E-state index contributed by atoms with van der Waals surface area (Å²) >= 11 is 0. The summed E-state index contributed by atoms with van der Waals surface area (Å²) in [6.07, 6.45) is 1.62. The third kappa shape index (κ3) is 3.96. The van der Waals surface area contributed by atoms with Gasteiger partial charge < -0.3 is 0 Å². The highest BCUT2D eigenvalue weighted by Gasteiger charge is 2.35. The molecule has 7 nitrogen and oxygen atoms in total. The van der Waals surface area contributed by atoms with Gasteiger partial charge in [-0.25, -0.2) is 27.1 Å². The molecule has 160 valence electrons. The number of hydrogen-bond acceptors (Lipinski definition) is 5. The molecule has 0 aliphatic carbocycles. The van der Waals surface area contributed by atoms with E-state index in [0.717, 1.165) is 16.8 Å². The first kappa shape index (κ1) is 20.9. The molecule has 3 heterocycles. The summed E-state index contributed by atoms with van der Waals surface area (Å²) in [7, 11) is -3.25. The van der Waals surface area contributed by atoms with Crippen molar-refractivity contribution in [3.63, 3.8) is 0 Å². The van der Waals surface area contributed by atoms with Crippen molar-refractivity contribution >= 4 is 21.7 Å². The van der Waals surface area contributed by atoms with E-state index in [1.807, 2.05) is 6.92 Å². The Kier molecular flexibility index (Phi) is 5.59. The molecule has 0 N–H and O–H groups in total. The molecule has 1 amide bonds. The Morgan fingerprint density at radius 1 is 1.17 bits per heavy atom.